The van der Waals surface area contributed by atoms with Gasteiger partial charge in [-0.2, -0.15) is 0 Å². The molecule has 0 aliphatic rings. The molecule has 20 heavy (non-hydrogen) atoms. The Labute approximate surface area is 121 Å². The van der Waals surface area contributed by atoms with Crippen LogP contribution in [0.3, 0.4) is 0 Å². The Hall–Kier alpha value is -1.21. The van der Waals surface area contributed by atoms with Gasteiger partial charge in [-0.3, -0.25) is 9.00 Å². The van der Waals surface area contributed by atoms with Crippen LogP contribution >= 0.6 is 0 Å². The smallest absolute Gasteiger partial charge is 0.314 e. The normalized spacial score (nSPS) is 14.5. The second-order valence-electron chi connectivity index (χ2n) is 4.43. The summed E-state index contributed by atoms with van der Waals surface area (Å²) < 4.78 is 38.8. The van der Waals surface area contributed by atoms with Gasteiger partial charge in [-0.25, -0.2) is 8.42 Å². The maximum Gasteiger partial charge on any atom is 0.314 e. The van der Waals surface area contributed by atoms with Crippen LogP contribution in [0.5, 0.6) is 0 Å². The van der Waals surface area contributed by atoms with Crippen LogP contribution < -0.4 is 0 Å². The fourth-order valence-corrected chi connectivity index (χ4v) is 4.46. The van der Waals surface area contributed by atoms with Gasteiger partial charge in [-0.15, -0.1) is 0 Å². The Balaban J connectivity index is 2.76. The highest BCUT2D eigenvalue weighted by Crippen LogP contribution is 2.18. The van der Waals surface area contributed by atoms with Crippen molar-refractivity contribution < 1.29 is 22.2 Å². The lowest BCUT2D eigenvalue weighted by molar-refractivity contribution is -0.141. The third kappa shape index (κ3) is 5.83. The predicted octanol–water partition coefficient (Wildman–Crippen LogP) is 0.736. The van der Waals surface area contributed by atoms with E-state index < -0.39 is 32.5 Å². The van der Waals surface area contributed by atoms with Gasteiger partial charge >= 0.3 is 5.97 Å². The van der Waals surface area contributed by atoms with Crippen LogP contribution in [0.25, 0.3) is 0 Å². The number of hydrogen-bond donors (Lipinski definition) is 0. The van der Waals surface area contributed by atoms with Gasteiger partial charge in [0.15, 0.2) is 0 Å². The molecule has 112 valence electrons. The van der Waals surface area contributed by atoms with E-state index in [1.165, 1.54) is 7.11 Å². The number of esters is 1. The molecule has 0 heterocycles. The molecule has 0 aliphatic carbocycles. The van der Waals surface area contributed by atoms with Gasteiger partial charge in [-0.1, -0.05) is 30.3 Å². The summed E-state index contributed by atoms with van der Waals surface area (Å²) >= 11 is 0. The Morgan fingerprint density at radius 1 is 1.30 bits per heavy atom. The minimum Gasteiger partial charge on any atom is -0.469 e. The third-order valence-electron chi connectivity index (χ3n) is 2.72. The highest BCUT2D eigenvalue weighted by Gasteiger charge is 2.24. The van der Waals surface area contributed by atoms with Crippen molar-refractivity contribution in [3.05, 3.63) is 35.9 Å². The van der Waals surface area contributed by atoms with Crippen LogP contribution in [-0.2, 0) is 30.2 Å². The highest BCUT2D eigenvalue weighted by molar-refractivity contribution is 7.92. The van der Waals surface area contributed by atoms with Gasteiger partial charge in [-0.05, 0) is 5.56 Å². The molecule has 2 unspecified atom stereocenters. The van der Waals surface area contributed by atoms with Crippen LogP contribution in [0.4, 0.5) is 0 Å². The van der Waals surface area contributed by atoms with Crippen LogP contribution in [-0.4, -0.2) is 49.2 Å². The van der Waals surface area contributed by atoms with Crippen molar-refractivity contribution in [2.75, 3.05) is 30.6 Å². The van der Waals surface area contributed by atoms with Crippen molar-refractivity contribution in [2.24, 2.45) is 0 Å². The molecule has 0 aromatic heterocycles. The highest BCUT2D eigenvalue weighted by atomic mass is 32.2. The van der Waals surface area contributed by atoms with E-state index in [0.717, 1.165) is 6.26 Å². The third-order valence-corrected chi connectivity index (χ3v) is 5.29. The minimum atomic E-state index is -3.15. The van der Waals surface area contributed by atoms with Crippen molar-refractivity contribution in [2.45, 2.75) is 5.92 Å². The molecular weight excluding hydrogens is 300 g/mol. The summed E-state index contributed by atoms with van der Waals surface area (Å²) in [4.78, 5) is 11.8. The first kappa shape index (κ1) is 16.8. The number of ether oxygens (including phenoxy) is 1. The molecule has 0 saturated heterocycles. The quantitative estimate of drug-likeness (QED) is 0.693. The average molecular weight is 318 g/mol. The number of sulfone groups is 1. The molecule has 0 spiro atoms. The lowest BCUT2D eigenvalue weighted by atomic mass is 10.0. The first-order valence-corrected chi connectivity index (χ1v) is 9.54. The summed E-state index contributed by atoms with van der Waals surface area (Å²) in [5.41, 5.74) is 0.715. The standard InChI is InChI=1S/C13H18O5S2/c1-18-13(14)12(11-6-4-3-5-7-11)10-19(15)8-9-20(2,16)17/h3-7,12H,8-10H2,1-2H3. The molecule has 0 bridgehead atoms. The number of carbonyl (C=O) groups excluding carboxylic acids is 1. The molecule has 1 rings (SSSR count). The Morgan fingerprint density at radius 2 is 1.90 bits per heavy atom. The zero-order chi connectivity index (χ0) is 15.2. The van der Waals surface area contributed by atoms with E-state index in [4.69, 9.17) is 4.74 Å². The summed E-state index contributed by atoms with van der Waals surface area (Å²) in [6.07, 6.45) is 1.10. The Kier molecular flexibility index (Phi) is 6.35. The van der Waals surface area contributed by atoms with E-state index >= 15 is 0 Å². The van der Waals surface area contributed by atoms with Gasteiger partial charge in [0.25, 0.3) is 0 Å². The molecule has 0 radical (unpaired) electrons. The first-order valence-electron chi connectivity index (χ1n) is 5.99. The van der Waals surface area contributed by atoms with E-state index in [2.05, 4.69) is 0 Å². The van der Waals surface area contributed by atoms with E-state index in [-0.39, 0.29) is 17.3 Å². The van der Waals surface area contributed by atoms with Crippen molar-refractivity contribution in [1.82, 2.24) is 0 Å². The molecule has 7 heteroatoms. The number of methoxy groups -OCH3 is 1. The molecule has 2 atom stereocenters. The second kappa shape index (κ2) is 7.54. The van der Waals surface area contributed by atoms with Gasteiger partial charge in [0.1, 0.15) is 9.84 Å². The van der Waals surface area contributed by atoms with E-state index in [1.807, 2.05) is 6.07 Å². The first-order chi connectivity index (χ1) is 9.33. The summed E-state index contributed by atoms with van der Waals surface area (Å²) in [5.74, 6) is -1.17. The molecular formula is C13H18O5S2. The molecule has 0 N–H and O–H groups in total. The van der Waals surface area contributed by atoms with Gasteiger partial charge in [0.2, 0.25) is 0 Å². The fraction of sp³-hybridized carbons (Fsp3) is 0.462. The maximum atomic E-state index is 11.9. The van der Waals surface area contributed by atoms with Crippen molar-refractivity contribution in [3.8, 4) is 0 Å². The molecule has 0 saturated carbocycles. The Bertz CT molecular complexity index is 566. The number of carbonyl (C=O) groups is 1. The van der Waals surface area contributed by atoms with Crippen molar-refractivity contribution in [3.63, 3.8) is 0 Å². The number of benzene rings is 1. The maximum absolute atomic E-state index is 11.9. The van der Waals surface area contributed by atoms with E-state index in [1.54, 1.807) is 24.3 Å². The predicted molar refractivity (Wildman–Crippen MR) is 78.8 cm³/mol. The van der Waals surface area contributed by atoms with Crippen molar-refractivity contribution >= 4 is 26.6 Å². The van der Waals surface area contributed by atoms with Gasteiger partial charge < -0.3 is 4.74 Å². The zero-order valence-corrected chi connectivity index (χ0v) is 13.1. The van der Waals surface area contributed by atoms with Crippen LogP contribution in [0.15, 0.2) is 30.3 Å². The topological polar surface area (TPSA) is 77.5 Å². The lowest BCUT2D eigenvalue weighted by Crippen LogP contribution is -2.23. The molecule has 0 aliphatic heterocycles. The van der Waals surface area contributed by atoms with Gasteiger partial charge in [0, 0.05) is 28.6 Å². The molecule has 1 aromatic rings. The van der Waals surface area contributed by atoms with Crippen LogP contribution in [0.1, 0.15) is 11.5 Å². The van der Waals surface area contributed by atoms with Crippen LogP contribution in [0.2, 0.25) is 0 Å². The lowest BCUT2D eigenvalue weighted by Gasteiger charge is -2.14. The fourth-order valence-electron chi connectivity index (χ4n) is 1.64. The molecule has 0 amide bonds. The summed E-state index contributed by atoms with van der Waals surface area (Å²) in [6, 6.07) is 8.90. The average Bonchev–Trinajstić information content (AvgIpc) is 2.42. The monoisotopic (exact) mass is 318 g/mol. The molecule has 5 nitrogen and oxygen atoms in total. The summed E-state index contributed by atoms with van der Waals surface area (Å²) in [7, 11) is -3.28. The van der Waals surface area contributed by atoms with Crippen LogP contribution in [0, 0.1) is 0 Å². The van der Waals surface area contributed by atoms with Crippen molar-refractivity contribution in [1.29, 1.82) is 0 Å². The second-order valence-corrected chi connectivity index (χ2v) is 8.31. The number of rotatable bonds is 7. The van der Waals surface area contributed by atoms with Gasteiger partial charge in [0.05, 0.1) is 18.8 Å². The molecule has 1 aromatic carbocycles. The number of hydrogen-bond acceptors (Lipinski definition) is 5. The largest absolute Gasteiger partial charge is 0.469 e. The minimum absolute atomic E-state index is 0.0269. The SMILES string of the molecule is COC(=O)C(CS(=O)CCS(C)(=O)=O)c1ccccc1. The molecule has 0 fully saturated rings. The zero-order valence-electron chi connectivity index (χ0n) is 11.4. The van der Waals surface area contributed by atoms with E-state index in [9.17, 15) is 17.4 Å². The summed E-state index contributed by atoms with van der Waals surface area (Å²) in [6.45, 7) is 0. The Morgan fingerprint density at radius 3 is 2.40 bits per heavy atom. The van der Waals surface area contributed by atoms with E-state index in [0.29, 0.717) is 5.56 Å². The summed E-state index contributed by atoms with van der Waals surface area (Å²) in [5, 5.41) is 0.